The Morgan fingerprint density at radius 2 is 1.30 bits per heavy atom. The van der Waals surface area contributed by atoms with Gasteiger partial charge in [-0.3, -0.25) is 9.98 Å². The van der Waals surface area contributed by atoms with Crippen LogP contribution in [0.2, 0.25) is 10.0 Å². The first-order valence-electron chi connectivity index (χ1n) is 13.8. The molecule has 12 nitrogen and oxygen atoms in total. The highest BCUT2D eigenvalue weighted by Gasteiger charge is 2.30. The Morgan fingerprint density at radius 3 is 1.70 bits per heavy atom. The number of sulfonamides is 1. The third kappa shape index (κ3) is 13.6. The normalized spacial score (nSPS) is 17.0. The van der Waals surface area contributed by atoms with Crippen molar-refractivity contribution in [1.82, 2.24) is 14.7 Å². The Balaban J connectivity index is 0.000000374. The van der Waals surface area contributed by atoms with Gasteiger partial charge in [0.15, 0.2) is 0 Å². The van der Waals surface area contributed by atoms with Crippen molar-refractivity contribution in [2.24, 2.45) is 36.8 Å². The summed E-state index contributed by atoms with van der Waals surface area (Å²) in [5.74, 6) is 0.726. The van der Waals surface area contributed by atoms with E-state index in [1.807, 2.05) is 33.9 Å². The Hall–Kier alpha value is -2.62. The van der Waals surface area contributed by atoms with E-state index >= 15 is 0 Å². The van der Waals surface area contributed by atoms with E-state index in [4.69, 9.17) is 39.6 Å². The molecule has 0 bridgehead atoms. The molecule has 2 aliphatic rings. The lowest BCUT2D eigenvalue weighted by molar-refractivity contribution is 0.379. The van der Waals surface area contributed by atoms with E-state index in [1.54, 1.807) is 34.4 Å². The summed E-state index contributed by atoms with van der Waals surface area (Å²) in [6.07, 6.45) is 3.69. The third-order valence-electron chi connectivity index (χ3n) is 5.75. The highest BCUT2D eigenvalue weighted by atomic mass is 35.7. The Morgan fingerprint density at radius 1 is 0.848 bits per heavy atom. The van der Waals surface area contributed by atoms with Crippen molar-refractivity contribution in [3.63, 3.8) is 0 Å². The predicted molar refractivity (Wildman–Crippen MR) is 192 cm³/mol. The third-order valence-corrected chi connectivity index (χ3v) is 8.90. The van der Waals surface area contributed by atoms with E-state index in [0.717, 1.165) is 6.54 Å². The van der Waals surface area contributed by atoms with E-state index in [-0.39, 0.29) is 39.0 Å². The summed E-state index contributed by atoms with van der Waals surface area (Å²) in [6, 6.07) is 11.9. The van der Waals surface area contributed by atoms with Gasteiger partial charge in [0.1, 0.15) is 0 Å². The maximum Gasteiger partial charge on any atom is 0.264 e. The summed E-state index contributed by atoms with van der Waals surface area (Å²) < 4.78 is 48.8. The summed E-state index contributed by atoms with van der Waals surface area (Å²) >= 11 is 11.4. The van der Waals surface area contributed by atoms with E-state index in [1.165, 1.54) is 30.3 Å². The van der Waals surface area contributed by atoms with Crippen LogP contribution in [-0.4, -0.2) is 77.4 Å². The Bertz CT molecular complexity index is 1660. The average Bonchev–Trinajstić information content (AvgIpc) is 3.49. The maximum atomic E-state index is 12.5. The lowest BCUT2D eigenvalue weighted by atomic mass is 9.97. The van der Waals surface area contributed by atoms with Crippen LogP contribution in [0.15, 0.2) is 78.5 Å². The van der Waals surface area contributed by atoms with Crippen molar-refractivity contribution in [3.05, 3.63) is 58.6 Å². The number of benzene rings is 2. The standard InChI is InChI=1S/C14H19ClN4O2S.C8H16N4.C6H4Cl2O2S.ClH/c1-4-16-13(19-10-14(2,3)9-17-19)18-22(20,21)12-7-5-6-11(15)8-12;1-4-10-7(9)12-6-8(2,3)5-11-12;7-5-2-1-3-6(4-5)11(8,9)10;/h5-9H,4,10H2,1-3H3,(H,16,18);5H,4,6H2,1-3H3,(H2,9,10);1-4H;1H. The van der Waals surface area contributed by atoms with Gasteiger partial charge in [0, 0.05) is 57.1 Å². The van der Waals surface area contributed by atoms with Gasteiger partial charge in [0.05, 0.1) is 22.9 Å². The van der Waals surface area contributed by atoms with E-state index in [2.05, 4.69) is 38.8 Å². The SMILES string of the molecule is CCN=C(N)N1CC(C)(C)C=N1.CCN=C(NS(=O)(=O)c1cccc(Cl)c1)N1CC(C)(C)C=N1.Cl.O=S(=O)(Cl)c1cccc(Cl)c1. The van der Waals surface area contributed by atoms with Gasteiger partial charge in [-0.2, -0.15) is 10.2 Å². The van der Waals surface area contributed by atoms with Crippen molar-refractivity contribution in [2.45, 2.75) is 51.3 Å². The summed E-state index contributed by atoms with van der Waals surface area (Å²) in [7, 11) is -2.35. The molecule has 0 aromatic heterocycles. The molecule has 2 aromatic rings. The van der Waals surface area contributed by atoms with Gasteiger partial charge in [0.2, 0.25) is 11.9 Å². The van der Waals surface area contributed by atoms with Gasteiger partial charge in [-0.1, -0.05) is 63.0 Å². The molecule has 2 aliphatic heterocycles. The molecular formula is C28H40Cl4N8O4S2. The van der Waals surface area contributed by atoms with Gasteiger partial charge in [0.25, 0.3) is 19.1 Å². The molecule has 0 aliphatic carbocycles. The first-order valence-corrected chi connectivity index (χ1v) is 18.3. The van der Waals surface area contributed by atoms with Crippen molar-refractivity contribution < 1.29 is 16.8 Å². The molecule has 0 amide bonds. The summed E-state index contributed by atoms with van der Waals surface area (Å²) in [4.78, 5) is 8.40. The lowest BCUT2D eigenvalue weighted by Gasteiger charge is -2.21. The second-order valence-corrected chi connectivity index (χ2v) is 16.3. The molecule has 256 valence electrons. The number of aliphatic imine (C=N–C) groups is 2. The lowest BCUT2D eigenvalue weighted by Crippen LogP contribution is -2.42. The minimum atomic E-state index is -3.76. The molecule has 18 heteroatoms. The van der Waals surface area contributed by atoms with Gasteiger partial charge in [-0.25, -0.2) is 31.6 Å². The number of nitrogens with one attached hydrogen (secondary N) is 1. The molecule has 0 spiro atoms. The molecule has 0 fully saturated rings. The minimum Gasteiger partial charge on any atom is -0.368 e. The topological polar surface area (TPSA) is 162 Å². The monoisotopic (exact) mass is 756 g/mol. The second-order valence-electron chi connectivity index (χ2n) is 11.2. The quantitative estimate of drug-likeness (QED) is 0.226. The number of guanidine groups is 2. The molecule has 0 radical (unpaired) electrons. The van der Waals surface area contributed by atoms with Crippen molar-refractivity contribution in [2.75, 3.05) is 26.2 Å². The number of hydrogen-bond donors (Lipinski definition) is 2. The number of halogens is 4. The zero-order valence-corrected chi connectivity index (χ0v) is 31.1. The van der Waals surface area contributed by atoms with Crippen molar-refractivity contribution in [3.8, 4) is 0 Å². The van der Waals surface area contributed by atoms with Gasteiger partial charge in [-0.15, -0.1) is 12.4 Å². The summed E-state index contributed by atoms with van der Waals surface area (Å²) in [5, 5.41) is 12.4. The Labute approximate surface area is 292 Å². The fourth-order valence-electron chi connectivity index (χ4n) is 3.65. The largest absolute Gasteiger partial charge is 0.368 e. The molecular weight excluding hydrogens is 718 g/mol. The van der Waals surface area contributed by atoms with Gasteiger partial charge in [-0.05, 0) is 50.2 Å². The van der Waals surface area contributed by atoms with Crippen LogP contribution in [0.3, 0.4) is 0 Å². The fraction of sp³-hybridized carbons (Fsp3) is 0.429. The van der Waals surface area contributed by atoms with Crippen LogP contribution in [0.4, 0.5) is 0 Å². The summed E-state index contributed by atoms with van der Waals surface area (Å²) in [5.41, 5.74) is 5.66. The predicted octanol–water partition coefficient (Wildman–Crippen LogP) is 5.66. The average molecular weight is 759 g/mol. The molecule has 0 saturated carbocycles. The van der Waals surface area contributed by atoms with E-state index < -0.39 is 19.1 Å². The zero-order chi connectivity index (χ0) is 34.1. The highest BCUT2D eigenvalue weighted by molar-refractivity contribution is 8.13. The molecule has 0 atom stereocenters. The molecule has 0 unspecified atom stereocenters. The van der Waals surface area contributed by atoms with Gasteiger partial charge >= 0.3 is 0 Å². The molecule has 3 N–H and O–H groups in total. The smallest absolute Gasteiger partial charge is 0.264 e. The number of hydrogen-bond acceptors (Lipinski definition) is 8. The molecule has 46 heavy (non-hydrogen) atoms. The van der Waals surface area contributed by atoms with Gasteiger partial charge < -0.3 is 5.73 Å². The van der Waals surface area contributed by atoms with Crippen molar-refractivity contribution >= 4 is 89.7 Å². The number of nitrogens with zero attached hydrogens (tertiary/aromatic N) is 6. The summed E-state index contributed by atoms with van der Waals surface area (Å²) in [6.45, 7) is 14.6. The zero-order valence-electron chi connectivity index (χ0n) is 26.4. The van der Waals surface area contributed by atoms with Crippen molar-refractivity contribution in [1.29, 1.82) is 0 Å². The highest BCUT2D eigenvalue weighted by Crippen LogP contribution is 2.22. The second kappa shape index (κ2) is 17.5. The maximum absolute atomic E-state index is 12.5. The van der Waals surface area contributed by atoms with Crippen LogP contribution < -0.4 is 10.5 Å². The first kappa shape index (κ1) is 41.4. The van der Waals surface area contributed by atoms with Crippen LogP contribution in [-0.2, 0) is 19.1 Å². The number of hydrazone groups is 2. The van der Waals surface area contributed by atoms with E-state index in [9.17, 15) is 16.8 Å². The fourth-order valence-corrected chi connectivity index (χ4v) is 6.02. The van der Waals surface area contributed by atoms with Crippen LogP contribution in [0.1, 0.15) is 41.5 Å². The number of rotatable bonds is 5. The first-order chi connectivity index (χ1) is 20.8. The molecule has 2 aromatic carbocycles. The van der Waals surface area contributed by atoms with Crippen LogP contribution in [0, 0.1) is 10.8 Å². The van der Waals surface area contributed by atoms with Crippen LogP contribution in [0.5, 0.6) is 0 Å². The molecule has 4 rings (SSSR count). The van der Waals surface area contributed by atoms with E-state index in [0.29, 0.717) is 35.6 Å². The Kier molecular flexibility index (Phi) is 15.8. The van der Waals surface area contributed by atoms with Crippen LogP contribution in [0.25, 0.3) is 0 Å². The molecule has 0 saturated heterocycles. The van der Waals surface area contributed by atoms with Crippen LogP contribution >= 0.6 is 46.3 Å². The number of nitrogens with two attached hydrogens (primary N) is 1. The minimum absolute atomic E-state index is 0. The molecule has 2 heterocycles.